The first-order chi connectivity index (χ1) is 8.16. The van der Waals surface area contributed by atoms with Crippen molar-refractivity contribution in [1.82, 2.24) is 10.3 Å². The summed E-state index contributed by atoms with van der Waals surface area (Å²) in [4.78, 5) is 17.3. The Morgan fingerprint density at radius 3 is 2.88 bits per heavy atom. The number of amides is 1. The Hall–Kier alpha value is -1.41. The maximum atomic E-state index is 12.0. The smallest absolute Gasteiger partial charge is 0.240 e. The molecule has 0 atom stereocenters. The fourth-order valence-electron chi connectivity index (χ4n) is 2.18. The number of carbonyl (C=O) groups excluding carboxylic acids is 1. The molecule has 1 aliphatic carbocycles. The molecule has 0 aromatic carbocycles. The number of aryl methyl sites for hydroxylation is 1. The van der Waals surface area contributed by atoms with Crippen LogP contribution in [0.3, 0.4) is 0 Å². The number of hydrogen-bond acceptors (Lipinski definition) is 4. The SMILES string of the molecule is Cc1cnc(CNC(=O)C2(C#N)CCCC2)s1. The zero-order valence-corrected chi connectivity index (χ0v) is 10.6. The third kappa shape index (κ3) is 2.47. The molecule has 1 N–H and O–H groups in total. The highest BCUT2D eigenvalue weighted by molar-refractivity contribution is 7.11. The third-order valence-electron chi connectivity index (χ3n) is 3.18. The molecule has 0 bridgehead atoms. The van der Waals surface area contributed by atoms with Crippen LogP contribution >= 0.6 is 11.3 Å². The molecular weight excluding hydrogens is 234 g/mol. The Labute approximate surface area is 105 Å². The van der Waals surface area contributed by atoms with Crippen molar-refractivity contribution in [2.45, 2.75) is 39.2 Å². The van der Waals surface area contributed by atoms with Gasteiger partial charge in [-0.15, -0.1) is 11.3 Å². The Kier molecular flexibility index (Phi) is 3.43. The van der Waals surface area contributed by atoms with Gasteiger partial charge in [0.15, 0.2) is 0 Å². The molecule has 17 heavy (non-hydrogen) atoms. The van der Waals surface area contributed by atoms with E-state index in [1.165, 1.54) is 0 Å². The van der Waals surface area contributed by atoms with Gasteiger partial charge in [-0.3, -0.25) is 4.79 Å². The first kappa shape index (κ1) is 12.1. The van der Waals surface area contributed by atoms with Crippen LogP contribution in [0.15, 0.2) is 6.20 Å². The van der Waals surface area contributed by atoms with Crippen molar-refractivity contribution in [3.8, 4) is 6.07 Å². The molecule has 5 heteroatoms. The Balaban J connectivity index is 1.95. The van der Waals surface area contributed by atoms with Gasteiger partial charge >= 0.3 is 0 Å². The molecule has 0 aliphatic heterocycles. The van der Waals surface area contributed by atoms with Gasteiger partial charge in [0.05, 0.1) is 12.6 Å². The minimum atomic E-state index is -0.785. The van der Waals surface area contributed by atoms with Crippen LogP contribution in [0.25, 0.3) is 0 Å². The summed E-state index contributed by atoms with van der Waals surface area (Å²) in [5.41, 5.74) is -0.785. The van der Waals surface area contributed by atoms with Gasteiger partial charge in [0.1, 0.15) is 10.4 Å². The number of nitrogens with one attached hydrogen (secondary N) is 1. The Bertz CT molecular complexity index is 455. The van der Waals surface area contributed by atoms with Gasteiger partial charge in [0, 0.05) is 11.1 Å². The van der Waals surface area contributed by atoms with Gasteiger partial charge in [-0.1, -0.05) is 12.8 Å². The molecule has 1 aromatic heterocycles. The van der Waals surface area contributed by atoms with Crippen molar-refractivity contribution in [2.24, 2.45) is 5.41 Å². The van der Waals surface area contributed by atoms with E-state index >= 15 is 0 Å². The zero-order chi connectivity index (χ0) is 12.3. The van der Waals surface area contributed by atoms with Gasteiger partial charge in [-0.05, 0) is 19.8 Å². The highest BCUT2D eigenvalue weighted by Gasteiger charge is 2.41. The lowest BCUT2D eigenvalue weighted by Gasteiger charge is -2.18. The lowest BCUT2D eigenvalue weighted by atomic mass is 9.87. The number of aromatic nitrogens is 1. The lowest BCUT2D eigenvalue weighted by molar-refractivity contribution is -0.128. The van der Waals surface area contributed by atoms with Gasteiger partial charge in [-0.25, -0.2) is 4.98 Å². The largest absolute Gasteiger partial charge is 0.348 e. The average Bonchev–Trinajstić information content (AvgIpc) is 2.95. The highest BCUT2D eigenvalue weighted by Crippen LogP contribution is 2.37. The van der Waals surface area contributed by atoms with E-state index in [0.29, 0.717) is 19.4 Å². The van der Waals surface area contributed by atoms with Crippen LogP contribution in [-0.4, -0.2) is 10.9 Å². The topological polar surface area (TPSA) is 65.8 Å². The maximum absolute atomic E-state index is 12.0. The molecule has 1 heterocycles. The molecule has 0 saturated heterocycles. The fraction of sp³-hybridized carbons (Fsp3) is 0.583. The van der Waals surface area contributed by atoms with Crippen molar-refractivity contribution in [3.05, 3.63) is 16.1 Å². The summed E-state index contributed by atoms with van der Waals surface area (Å²) in [5.74, 6) is -0.134. The molecule has 4 nitrogen and oxygen atoms in total. The normalized spacial score (nSPS) is 17.6. The van der Waals surface area contributed by atoms with Crippen LogP contribution in [0.4, 0.5) is 0 Å². The highest BCUT2D eigenvalue weighted by atomic mass is 32.1. The van der Waals surface area contributed by atoms with Crippen LogP contribution in [0, 0.1) is 23.7 Å². The summed E-state index contributed by atoms with van der Waals surface area (Å²) in [5, 5.41) is 12.9. The summed E-state index contributed by atoms with van der Waals surface area (Å²) < 4.78 is 0. The van der Waals surface area contributed by atoms with Crippen molar-refractivity contribution < 1.29 is 4.79 Å². The standard InChI is InChI=1S/C12H15N3OS/c1-9-6-14-10(17-9)7-15-11(16)12(8-13)4-2-3-5-12/h6H,2-5,7H2,1H3,(H,15,16). The molecular formula is C12H15N3OS. The van der Waals surface area contributed by atoms with E-state index in [-0.39, 0.29) is 5.91 Å². The minimum absolute atomic E-state index is 0.134. The number of nitriles is 1. The average molecular weight is 249 g/mol. The second-order valence-corrected chi connectivity index (χ2v) is 5.77. The molecule has 0 spiro atoms. The summed E-state index contributed by atoms with van der Waals surface area (Å²) in [7, 11) is 0. The first-order valence-electron chi connectivity index (χ1n) is 5.77. The summed E-state index contributed by atoms with van der Waals surface area (Å²) in [6.45, 7) is 2.41. The van der Waals surface area contributed by atoms with Crippen molar-refractivity contribution >= 4 is 17.2 Å². The number of carbonyl (C=O) groups is 1. The Morgan fingerprint density at radius 2 is 2.35 bits per heavy atom. The van der Waals surface area contributed by atoms with E-state index in [0.717, 1.165) is 22.7 Å². The van der Waals surface area contributed by atoms with E-state index in [1.807, 2.05) is 6.92 Å². The molecule has 0 radical (unpaired) electrons. The zero-order valence-electron chi connectivity index (χ0n) is 9.82. The summed E-state index contributed by atoms with van der Waals surface area (Å²) in [6, 6.07) is 2.19. The third-order valence-corrected chi connectivity index (χ3v) is 4.09. The van der Waals surface area contributed by atoms with E-state index in [2.05, 4.69) is 16.4 Å². The van der Waals surface area contributed by atoms with Gasteiger partial charge < -0.3 is 5.32 Å². The molecule has 1 amide bonds. The predicted molar refractivity (Wildman–Crippen MR) is 65.2 cm³/mol. The van der Waals surface area contributed by atoms with Crippen LogP contribution in [0.1, 0.15) is 35.6 Å². The molecule has 1 aliphatic rings. The molecule has 90 valence electrons. The minimum Gasteiger partial charge on any atom is -0.348 e. The number of rotatable bonds is 3. The van der Waals surface area contributed by atoms with E-state index in [4.69, 9.17) is 5.26 Å². The fourth-order valence-corrected chi connectivity index (χ4v) is 2.90. The van der Waals surface area contributed by atoms with E-state index in [9.17, 15) is 4.79 Å². The quantitative estimate of drug-likeness (QED) is 0.892. The van der Waals surface area contributed by atoms with Crippen LogP contribution in [-0.2, 0) is 11.3 Å². The van der Waals surface area contributed by atoms with Gasteiger partial charge in [0.2, 0.25) is 5.91 Å². The Morgan fingerprint density at radius 1 is 1.65 bits per heavy atom. The number of hydrogen-bond donors (Lipinski definition) is 1. The van der Waals surface area contributed by atoms with E-state index in [1.54, 1.807) is 17.5 Å². The van der Waals surface area contributed by atoms with Crippen molar-refractivity contribution in [1.29, 1.82) is 5.26 Å². The van der Waals surface area contributed by atoms with E-state index < -0.39 is 5.41 Å². The molecule has 1 saturated carbocycles. The summed E-state index contributed by atoms with van der Waals surface area (Å²) >= 11 is 1.57. The van der Waals surface area contributed by atoms with Crippen LogP contribution in [0.2, 0.25) is 0 Å². The number of nitrogens with zero attached hydrogens (tertiary/aromatic N) is 2. The molecule has 0 unspecified atom stereocenters. The van der Waals surface area contributed by atoms with Crippen LogP contribution < -0.4 is 5.32 Å². The first-order valence-corrected chi connectivity index (χ1v) is 6.59. The number of thiazole rings is 1. The predicted octanol–water partition coefficient (Wildman–Crippen LogP) is 2.15. The van der Waals surface area contributed by atoms with Crippen molar-refractivity contribution in [3.63, 3.8) is 0 Å². The van der Waals surface area contributed by atoms with Gasteiger partial charge in [-0.2, -0.15) is 5.26 Å². The summed E-state index contributed by atoms with van der Waals surface area (Å²) in [6.07, 6.45) is 5.11. The second-order valence-electron chi connectivity index (χ2n) is 4.45. The van der Waals surface area contributed by atoms with Crippen molar-refractivity contribution in [2.75, 3.05) is 0 Å². The van der Waals surface area contributed by atoms with Crippen LogP contribution in [0.5, 0.6) is 0 Å². The molecule has 1 aromatic rings. The molecule has 1 fully saturated rings. The maximum Gasteiger partial charge on any atom is 0.240 e. The molecule has 2 rings (SSSR count). The monoisotopic (exact) mass is 249 g/mol. The second kappa shape index (κ2) is 4.84. The van der Waals surface area contributed by atoms with Gasteiger partial charge in [0.25, 0.3) is 0 Å². The lowest BCUT2D eigenvalue weighted by Crippen LogP contribution is -2.37.